The molecule has 2 N–H and O–H groups in total. The molecule has 0 bridgehead atoms. The SMILES string of the molecule is CCNC(=NCCS(=O)Cc1ccccc1)NCCc1ccc(C(F)(F)F)cc1. The van der Waals surface area contributed by atoms with E-state index in [2.05, 4.69) is 15.6 Å². The summed E-state index contributed by atoms with van der Waals surface area (Å²) in [6, 6.07) is 14.8. The molecule has 0 amide bonds. The van der Waals surface area contributed by atoms with Gasteiger partial charge in [-0.25, -0.2) is 0 Å². The highest BCUT2D eigenvalue weighted by molar-refractivity contribution is 7.84. The van der Waals surface area contributed by atoms with Crippen molar-refractivity contribution in [1.29, 1.82) is 0 Å². The summed E-state index contributed by atoms with van der Waals surface area (Å²) >= 11 is 0. The summed E-state index contributed by atoms with van der Waals surface area (Å²) in [5.41, 5.74) is 1.20. The Morgan fingerprint density at radius 1 is 1.00 bits per heavy atom. The number of alkyl halides is 3. The summed E-state index contributed by atoms with van der Waals surface area (Å²) < 4.78 is 50.0. The molecule has 2 rings (SSSR count). The molecule has 2 aromatic rings. The van der Waals surface area contributed by atoms with E-state index in [1.807, 2.05) is 37.3 Å². The Hall–Kier alpha value is -2.35. The van der Waals surface area contributed by atoms with Gasteiger partial charge in [-0.3, -0.25) is 9.20 Å². The molecule has 0 aromatic heterocycles. The third-order valence-electron chi connectivity index (χ3n) is 4.09. The molecule has 0 fully saturated rings. The van der Waals surface area contributed by atoms with Crippen molar-refractivity contribution < 1.29 is 17.4 Å². The Bertz CT molecular complexity index is 793. The van der Waals surface area contributed by atoms with E-state index in [-0.39, 0.29) is 0 Å². The van der Waals surface area contributed by atoms with Gasteiger partial charge in [-0.2, -0.15) is 13.2 Å². The Labute approximate surface area is 172 Å². The summed E-state index contributed by atoms with van der Waals surface area (Å²) in [6.07, 6.45) is -3.75. The van der Waals surface area contributed by atoms with Gasteiger partial charge in [-0.05, 0) is 36.6 Å². The second-order valence-corrected chi connectivity index (χ2v) is 7.98. The summed E-state index contributed by atoms with van der Waals surface area (Å²) in [5.74, 6) is 1.58. The average Bonchev–Trinajstić information content (AvgIpc) is 2.68. The molecule has 0 saturated carbocycles. The molecule has 0 radical (unpaired) electrons. The van der Waals surface area contributed by atoms with E-state index >= 15 is 0 Å². The lowest BCUT2D eigenvalue weighted by molar-refractivity contribution is -0.137. The van der Waals surface area contributed by atoms with Crippen LogP contribution in [-0.4, -0.2) is 35.6 Å². The molecule has 1 atom stereocenters. The molecule has 2 aromatic carbocycles. The lowest BCUT2D eigenvalue weighted by atomic mass is 10.1. The molecule has 29 heavy (non-hydrogen) atoms. The molecular formula is C21H26F3N3OS. The minimum absolute atomic E-state index is 0.426. The van der Waals surface area contributed by atoms with Crippen LogP contribution in [0.2, 0.25) is 0 Å². The Balaban J connectivity index is 1.77. The first-order chi connectivity index (χ1) is 13.9. The number of nitrogens with one attached hydrogen (secondary N) is 2. The summed E-state index contributed by atoms with van der Waals surface area (Å²) in [4.78, 5) is 4.43. The summed E-state index contributed by atoms with van der Waals surface area (Å²) in [7, 11) is -0.991. The topological polar surface area (TPSA) is 53.5 Å². The number of hydrogen-bond donors (Lipinski definition) is 2. The molecule has 0 aliphatic carbocycles. The largest absolute Gasteiger partial charge is 0.416 e. The van der Waals surface area contributed by atoms with Gasteiger partial charge in [0.1, 0.15) is 0 Å². The monoisotopic (exact) mass is 425 g/mol. The first-order valence-corrected chi connectivity index (χ1v) is 10.9. The first kappa shape index (κ1) is 22.9. The van der Waals surface area contributed by atoms with Crippen molar-refractivity contribution in [2.75, 3.05) is 25.4 Å². The maximum Gasteiger partial charge on any atom is 0.416 e. The van der Waals surface area contributed by atoms with Gasteiger partial charge in [-0.1, -0.05) is 42.5 Å². The molecule has 1 unspecified atom stereocenters. The normalized spacial score (nSPS) is 13.2. The Kier molecular flexibility index (Phi) is 9.18. The van der Waals surface area contributed by atoms with E-state index in [9.17, 15) is 17.4 Å². The van der Waals surface area contributed by atoms with E-state index in [4.69, 9.17) is 0 Å². The highest BCUT2D eigenvalue weighted by Crippen LogP contribution is 2.29. The van der Waals surface area contributed by atoms with E-state index in [1.54, 1.807) is 0 Å². The van der Waals surface area contributed by atoms with Crippen LogP contribution in [0.1, 0.15) is 23.6 Å². The Morgan fingerprint density at radius 2 is 1.69 bits per heavy atom. The highest BCUT2D eigenvalue weighted by Gasteiger charge is 2.29. The third kappa shape index (κ3) is 8.68. The van der Waals surface area contributed by atoms with Gasteiger partial charge in [-0.15, -0.1) is 0 Å². The van der Waals surface area contributed by atoms with Crippen molar-refractivity contribution in [1.82, 2.24) is 10.6 Å². The van der Waals surface area contributed by atoms with Crippen LogP contribution in [0.3, 0.4) is 0 Å². The van der Waals surface area contributed by atoms with Crippen LogP contribution < -0.4 is 10.6 Å². The molecule has 0 heterocycles. The molecule has 4 nitrogen and oxygen atoms in total. The molecule has 8 heteroatoms. The highest BCUT2D eigenvalue weighted by atomic mass is 32.2. The molecule has 0 spiro atoms. The van der Waals surface area contributed by atoms with Gasteiger partial charge in [0.05, 0.1) is 12.1 Å². The first-order valence-electron chi connectivity index (χ1n) is 9.45. The van der Waals surface area contributed by atoms with Crippen LogP contribution in [0.5, 0.6) is 0 Å². The predicted octanol–water partition coefficient (Wildman–Crippen LogP) is 3.75. The minimum Gasteiger partial charge on any atom is -0.357 e. The van der Waals surface area contributed by atoms with Crippen molar-refractivity contribution in [2.24, 2.45) is 4.99 Å². The zero-order valence-electron chi connectivity index (χ0n) is 16.3. The van der Waals surface area contributed by atoms with Crippen LogP contribution in [-0.2, 0) is 29.1 Å². The zero-order valence-corrected chi connectivity index (χ0v) is 17.2. The van der Waals surface area contributed by atoms with Crippen LogP contribution in [0.15, 0.2) is 59.6 Å². The smallest absolute Gasteiger partial charge is 0.357 e. The quantitative estimate of drug-likeness (QED) is 0.475. The fraction of sp³-hybridized carbons (Fsp3) is 0.381. The number of benzene rings is 2. The van der Waals surface area contributed by atoms with Crippen LogP contribution in [0.25, 0.3) is 0 Å². The van der Waals surface area contributed by atoms with Gasteiger partial charge < -0.3 is 10.6 Å². The average molecular weight is 426 g/mol. The fourth-order valence-corrected chi connectivity index (χ4v) is 3.62. The lowest BCUT2D eigenvalue weighted by Gasteiger charge is -2.12. The van der Waals surface area contributed by atoms with E-state index < -0.39 is 22.5 Å². The molecular weight excluding hydrogens is 399 g/mol. The minimum atomic E-state index is -4.32. The summed E-state index contributed by atoms with van der Waals surface area (Å²) in [5, 5.41) is 6.27. The van der Waals surface area contributed by atoms with Crippen LogP contribution >= 0.6 is 0 Å². The second kappa shape index (κ2) is 11.6. The van der Waals surface area contributed by atoms with Crippen molar-refractivity contribution >= 4 is 16.8 Å². The van der Waals surface area contributed by atoms with E-state index in [0.717, 1.165) is 23.3 Å². The molecule has 0 aliphatic rings. The van der Waals surface area contributed by atoms with E-state index in [1.165, 1.54) is 12.1 Å². The second-order valence-electron chi connectivity index (χ2n) is 6.41. The Morgan fingerprint density at radius 3 is 2.31 bits per heavy atom. The number of rotatable bonds is 9. The number of hydrogen-bond acceptors (Lipinski definition) is 2. The van der Waals surface area contributed by atoms with Crippen molar-refractivity contribution in [3.8, 4) is 0 Å². The lowest BCUT2D eigenvalue weighted by Crippen LogP contribution is -2.38. The van der Waals surface area contributed by atoms with Gasteiger partial charge in [0, 0.05) is 35.4 Å². The number of aliphatic imine (C=N–C) groups is 1. The molecule has 0 aliphatic heterocycles. The standard InChI is InChI=1S/C21H26F3N3OS/c1-2-25-20(27-14-15-29(28)16-18-6-4-3-5-7-18)26-13-12-17-8-10-19(11-9-17)21(22,23)24/h3-11H,2,12-16H2,1H3,(H2,25,26,27). The summed E-state index contributed by atoms with van der Waals surface area (Å²) in [6.45, 7) is 3.58. The maximum atomic E-state index is 12.6. The predicted molar refractivity (Wildman–Crippen MR) is 112 cm³/mol. The number of halogens is 3. The molecule has 0 saturated heterocycles. The maximum absolute atomic E-state index is 12.6. The fourth-order valence-electron chi connectivity index (χ4n) is 2.62. The van der Waals surface area contributed by atoms with Gasteiger partial charge in [0.25, 0.3) is 0 Å². The number of nitrogens with zero attached hydrogens (tertiary/aromatic N) is 1. The number of guanidine groups is 1. The van der Waals surface area contributed by atoms with Crippen molar-refractivity contribution in [2.45, 2.75) is 25.3 Å². The van der Waals surface area contributed by atoms with Crippen molar-refractivity contribution in [3.63, 3.8) is 0 Å². The van der Waals surface area contributed by atoms with Crippen LogP contribution in [0.4, 0.5) is 13.2 Å². The van der Waals surface area contributed by atoms with Crippen LogP contribution in [0, 0.1) is 0 Å². The zero-order chi connectivity index (χ0) is 21.1. The van der Waals surface area contributed by atoms with Gasteiger partial charge in [0.15, 0.2) is 5.96 Å². The third-order valence-corrected chi connectivity index (χ3v) is 5.38. The van der Waals surface area contributed by atoms with E-state index in [0.29, 0.717) is 43.5 Å². The van der Waals surface area contributed by atoms with Gasteiger partial charge in [0.2, 0.25) is 0 Å². The molecule has 158 valence electrons. The van der Waals surface area contributed by atoms with Gasteiger partial charge >= 0.3 is 6.18 Å². The van der Waals surface area contributed by atoms with Crippen molar-refractivity contribution in [3.05, 3.63) is 71.3 Å².